The van der Waals surface area contributed by atoms with Crippen LogP contribution in [-0.4, -0.2) is 6.61 Å². The summed E-state index contributed by atoms with van der Waals surface area (Å²) in [6.45, 7) is 29.7. The molecule has 3 nitrogen and oxygen atoms in total. The van der Waals surface area contributed by atoms with E-state index in [1.54, 1.807) is 0 Å². The van der Waals surface area contributed by atoms with Crippen LogP contribution in [0, 0.1) is 0 Å². The molecule has 35 heavy (non-hydrogen) atoms. The molecule has 0 unspecified atom stereocenters. The topological polar surface area (TPSA) is 27.7 Å². The van der Waals surface area contributed by atoms with Crippen molar-refractivity contribution in [2.24, 2.45) is 0 Å². The summed E-state index contributed by atoms with van der Waals surface area (Å²) in [6.07, 6.45) is 0.764. The monoisotopic (exact) mass is 498 g/mol. The zero-order valence-electron chi connectivity index (χ0n) is 24.4. The normalized spacial score (nSPS) is 15.5. The van der Waals surface area contributed by atoms with Gasteiger partial charge in [-0.05, 0) is 50.8 Å². The highest BCUT2D eigenvalue weighted by Gasteiger charge is 2.34. The minimum atomic E-state index is -1.59. The van der Waals surface area contributed by atoms with Gasteiger partial charge in [-0.1, -0.05) is 107 Å². The first-order valence-corrected chi connectivity index (χ1v) is 14.1. The van der Waals surface area contributed by atoms with Crippen molar-refractivity contribution in [3.8, 4) is 11.5 Å². The van der Waals surface area contributed by atoms with Crippen LogP contribution in [0.3, 0.4) is 0 Å². The van der Waals surface area contributed by atoms with E-state index >= 15 is 0 Å². The minimum absolute atomic E-state index is 0.0329. The van der Waals surface area contributed by atoms with Gasteiger partial charge in [-0.3, -0.25) is 4.52 Å². The molecule has 4 heteroatoms. The van der Waals surface area contributed by atoms with Crippen LogP contribution >= 0.6 is 8.60 Å². The van der Waals surface area contributed by atoms with Gasteiger partial charge in [0.1, 0.15) is 11.5 Å². The van der Waals surface area contributed by atoms with Crippen LogP contribution in [0.1, 0.15) is 123 Å². The third-order valence-corrected chi connectivity index (χ3v) is 7.76. The van der Waals surface area contributed by atoms with Gasteiger partial charge in [0.25, 0.3) is 0 Å². The molecule has 2 aromatic carbocycles. The van der Waals surface area contributed by atoms with E-state index in [9.17, 15) is 0 Å². The second kappa shape index (κ2) is 9.38. The van der Waals surface area contributed by atoms with E-state index in [0.29, 0.717) is 6.61 Å². The Hall–Kier alpha value is -1.57. The highest BCUT2D eigenvalue weighted by atomic mass is 31.2. The van der Waals surface area contributed by atoms with E-state index < -0.39 is 8.60 Å². The number of benzene rings is 2. The predicted octanol–water partition coefficient (Wildman–Crippen LogP) is 9.50. The van der Waals surface area contributed by atoms with E-state index in [-0.39, 0.29) is 21.7 Å². The average Bonchev–Trinajstić information content (AvgIpc) is 2.65. The van der Waals surface area contributed by atoms with Gasteiger partial charge in [-0.15, -0.1) is 0 Å². The summed E-state index contributed by atoms with van der Waals surface area (Å²) in [5, 5.41) is 0. The summed E-state index contributed by atoms with van der Waals surface area (Å²) in [5.41, 5.74) is 7.42. The van der Waals surface area contributed by atoms with Crippen LogP contribution in [0.4, 0.5) is 0 Å². The average molecular weight is 499 g/mol. The molecule has 0 aliphatic carbocycles. The Morgan fingerprint density at radius 2 is 1.00 bits per heavy atom. The first kappa shape index (κ1) is 28.0. The Morgan fingerprint density at radius 3 is 1.29 bits per heavy atom. The first-order chi connectivity index (χ1) is 15.8. The quantitative estimate of drug-likeness (QED) is 0.386. The lowest BCUT2D eigenvalue weighted by Gasteiger charge is -2.34. The van der Waals surface area contributed by atoms with Crippen LogP contribution in [0.5, 0.6) is 11.5 Å². The van der Waals surface area contributed by atoms with Crippen molar-refractivity contribution in [1.82, 2.24) is 0 Å². The standard InChI is InChI=1S/C31H47O3P/c1-14-32-35-33-26-20(16-22(28(2,3)4)18-24(26)30(8,9)10)15-21-17-23(29(5,6)7)19-25(27(21)34-35)31(11,12)13/h16-19H,14-15H2,1-13H3. The van der Waals surface area contributed by atoms with Crippen molar-refractivity contribution in [1.29, 1.82) is 0 Å². The molecule has 0 atom stereocenters. The summed E-state index contributed by atoms with van der Waals surface area (Å²) >= 11 is 0. The van der Waals surface area contributed by atoms with Crippen molar-refractivity contribution in [3.63, 3.8) is 0 Å². The van der Waals surface area contributed by atoms with Gasteiger partial charge in [0.05, 0.1) is 6.61 Å². The van der Waals surface area contributed by atoms with E-state index in [2.05, 4.69) is 107 Å². The van der Waals surface area contributed by atoms with Crippen LogP contribution in [-0.2, 0) is 32.6 Å². The summed E-state index contributed by atoms with van der Waals surface area (Å²) in [4.78, 5) is 0. The van der Waals surface area contributed by atoms with Gasteiger partial charge in [-0.25, -0.2) is 0 Å². The van der Waals surface area contributed by atoms with Crippen molar-refractivity contribution in [2.75, 3.05) is 6.61 Å². The molecule has 0 N–H and O–H groups in total. The molecule has 0 bridgehead atoms. The Balaban J connectivity index is 2.39. The van der Waals surface area contributed by atoms with Gasteiger partial charge >= 0.3 is 8.60 Å². The lowest BCUT2D eigenvalue weighted by atomic mass is 9.76. The molecular weight excluding hydrogens is 451 g/mol. The number of rotatable bonds is 2. The molecule has 0 spiro atoms. The molecule has 0 fully saturated rings. The molecule has 0 saturated carbocycles. The molecule has 3 rings (SSSR count). The smallest absolute Gasteiger partial charge is 0.417 e. The van der Waals surface area contributed by atoms with E-state index in [1.165, 1.54) is 33.4 Å². The van der Waals surface area contributed by atoms with Crippen LogP contribution < -0.4 is 9.05 Å². The molecule has 0 radical (unpaired) electrons. The zero-order chi connectivity index (χ0) is 26.6. The molecule has 0 amide bonds. The lowest BCUT2D eigenvalue weighted by molar-refractivity contribution is 0.274. The Bertz CT molecular complexity index is 989. The van der Waals surface area contributed by atoms with E-state index in [1.807, 2.05) is 6.92 Å². The fourth-order valence-corrected chi connectivity index (χ4v) is 5.45. The summed E-state index contributed by atoms with van der Waals surface area (Å²) in [7, 11) is -1.59. The van der Waals surface area contributed by atoms with Gasteiger partial charge in [0, 0.05) is 17.5 Å². The minimum Gasteiger partial charge on any atom is -0.417 e. The maximum atomic E-state index is 6.65. The van der Waals surface area contributed by atoms with Gasteiger partial charge in [0.2, 0.25) is 0 Å². The van der Waals surface area contributed by atoms with Gasteiger partial charge in [0.15, 0.2) is 0 Å². The highest BCUT2D eigenvalue weighted by molar-refractivity contribution is 7.42. The lowest BCUT2D eigenvalue weighted by Crippen LogP contribution is -2.22. The van der Waals surface area contributed by atoms with Gasteiger partial charge < -0.3 is 9.05 Å². The third kappa shape index (κ3) is 6.23. The largest absolute Gasteiger partial charge is 0.463 e. The van der Waals surface area contributed by atoms with Crippen molar-refractivity contribution in [2.45, 2.75) is 118 Å². The molecule has 0 saturated heterocycles. The Kier molecular flexibility index (Phi) is 7.51. The number of hydrogen-bond donors (Lipinski definition) is 0. The fraction of sp³-hybridized carbons (Fsp3) is 0.613. The molecular formula is C31H47O3P. The highest BCUT2D eigenvalue weighted by Crippen LogP contribution is 2.53. The van der Waals surface area contributed by atoms with E-state index in [0.717, 1.165) is 17.9 Å². The predicted molar refractivity (Wildman–Crippen MR) is 150 cm³/mol. The molecule has 2 aromatic rings. The maximum Gasteiger partial charge on any atom is 0.463 e. The first-order valence-electron chi connectivity index (χ1n) is 13.0. The van der Waals surface area contributed by atoms with Gasteiger partial charge in [-0.2, -0.15) is 0 Å². The molecule has 1 aliphatic heterocycles. The Labute approximate surface area is 216 Å². The Morgan fingerprint density at radius 1 is 0.629 bits per heavy atom. The third-order valence-electron chi connectivity index (χ3n) is 6.63. The van der Waals surface area contributed by atoms with Crippen molar-refractivity contribution >= 4 is 8.60 Å². The molecule has 0 aromatic heterocycles. The summed E-state index contributed by atoms with van der Waals surface area (Å²) in [5.74, 6) is 1.85. The van der Waals surface area contributed by atoms with Crippen molar-refractivity contribution < 1.29 is 13.6 Å². The second-order valence-electron chi connectivity index (χ2n) is 14.0. The molecule has 1 aliphatic rings. The molecule has 194 valence electrons. The maximum absolute atomic E-state index is 6.65. The fourth-order valence-electron chi connectivity index (χ4n) is 4.37. The SMILES string of the molecule is CCOP1Oc2c(cc(C(C)(C)C)cc2C(C)(C)C)Cc2cc(C(C)(C)C)cc(C(C)(C)C)c2O1. The van der Waals surface area contributed by atoms with E-state index in [4.69, 9.17) is 13.6 Å². The van der Waals surface area contributed by atoms with Crippen LogP contribution in [0.15, 0.2) is 24.3 Å². The molecule has 1 heterocycles. The van der Waals surface area contributed by atoms with Crippen molar-refractivity contribution in [3.05, 3.63) is 57.6 Å². The number of fused-ring (bicyclic) bond motifs is 2. The zero-order valence-corrected chi connectivity index (χ0v) is 25.3. The van der Waals surface area contributed by atoms with Crippen LogP contribution in [0.2, 0.25) is 0 Å². The summed E-state index contributed by atoms with van der Waals surface area (Å²) < 4.78 is 19.4. The second-order valence-corrected chi connectivity index (χ2v) is 15.1. The number of hydrogen-bond acceptors (Lipinski definition) is 3. The summed E-state index contributed by atoms with van der Waals surface area (Å²) in [6, 6.07) is 9.35. The van der Waals surface area contributed by atoms with Crippen LogP contribution in [0.25, 0.3) is 0 Å².